The van der Waals surface area contributed by atoms with E-state index in [4.69, 9.17) is 5.73 Å². The second-order valence-electron chi connectivity index (χ2n) is 4.25. The molecule has 2 rings (SSSR count). The SMILES string of the molecule is CC(=O)NC1CCN(S(=O)(=O)c2cc(N)cs2)C1. The summed E-state index contributed by atoms with van der Waals surface area (Å²) in [5.74, 6) is -0.139. The van der Waals surface area contributed by atoms with Crippen molar-refractivity contribution in [3.05, 3.63) is 11.4 Å². The third kappa shape index (κ3) is 2.65. The van der Waals surface area contributed by atoms with Gasteiger partial charge in [0, 0.05) is 37.1 Å². The fraction of sp³-hybridized carbons (Fsp3) is 0.500. The van der Waals surface area contributed by atoms with Gasteiger partial charge in [-0.25, -0.2) is 8.42 Å². The Morgan fingerprint density at radius 2 is 2.33 bits per heavy atom. The number of nitrogens with two attached hydrogens (primary N) is 1. The van der Waals surface area contributed by atoms with Gasteiger partial charge < -0.3 is 11.1 Å². The summed E-state index contributed by atoms with van der Waals surface area (Å²) >= 11 is 1.12. The summed E-state index contributed by atoms with van der Waals surface area (Å²) in [4.78, 5) is 10.9. The van der Waals surface area contributed by atoms with Crippen LogP contribution < -0.4 is 11.1 Å². The maximum atomic E-state index is 12.2. The molecule has 1 aromatic heterocycles. The maximum absolute atomic E-state index is 12.2. The number of rotatable bonds is 3. The van der Waals surface area contributed by atoms with E-state index in [2.05, 4.69) is 5.32 Å². The summed E-state index contributed by atoms with van der Waals surface area (Å²) in [6, 6.07) is 1.36. The smallest absolute Gasteiger partial charge is 0.252 e. The van der Waals surface area contributed by atoms with Crippen LogP contribution in [0.4, 0.5) is 5.69 Å². The molecule has 3 N–H and O–H groups in total. The Bertz CT molecular complexity index is 552. The van der Waals surface area contributed by atoms with Crippen molar-refractivity contribution in [2.45, 2.75) is 23.6 Å². The Kier molecular flexibility index (Phi) is 3.60. The number of thiophene rings is 1. The zero-order chi connectivity index (χ0) is 13.3. The molecule has 0 saturated carbocycles. The van der Waals surface area contributed by atoms with Crippen LogP contribution in [0, 0.1) is 0 Å². The van der Waals surface area contributed by atoms with Crippen LogP contribution in [0.5, 0.6) is 0 Å². The Hall–Kier alpha value is -1.12. The van der Waals surface area contributed by atoms with Crippen molar-refractivity contribution in [3.8, 4) is 0 Å². The number of sulfonamides is 1. The van der Waals surface area contributed by atoms with Gasteiger partial charge >= 0.3 is 0 Å². The van der Waals surface area contributed by atoms with E-state index in [-0.39, 0.29) is 16.2 Å². The largest absolute Gasteiger partial charge is 0.398 e. The molecule has 8 heteroatoms. The van der Waals surface area contributed by atoms with E-state index in [1.54, 1.807) is 5.38 Å². The topological polar surface area (TPSA) is 92.5 Å². The van der Waals surface area contributed by atoms with Gasteiger partial charge in [-0.1, -0.05) is 0 Å². The first kappa shape index (κ1) is 13.3. The van der Waals surface area contributed by atoms with Gasteiger partial charge in [-0.05, 0) is 12.5 Å². The lowest BCUT2D eigenvalue weighted by atomic mass is 10.3. The lowest BCUT2D eigenvalue weighted by Crippen LogP contribution is -2.37. The molecule has 1 saturated heterocycles. The first-order chi connectivity index (χ1) is 8.39. The summed E-state index contributed by atoms with van der Waals surface area (Å²) in [5, 5.41) is 4.34. The van der Waals surface area contributed by atoms with Gasteiger partial charge in [0.25, 0.3) is 10.0 Å². The van der Waals surface area contributed by atoms with Crippen LogP contribution in [0.1, 0.15) is 13.3 Å². The zero-order valence-electron chi connectivity index (χ0n) is 9.92. The molecule has 18 heavy (non-hydrogen) atoms. The summed E-state index contributed by atoms with van der Waals surface area (Å²) in [6.45, 7) is 2.17. The summed E-state index contributed by atoms with van der Waals surface area (Å²) in [6.07, 6.45) is 0.639. The molecule has 1 atom stereocenters. The maximum Gasteiger partial charge on any atom is 0.252 e. The monoisotopic (exact) mass is 289 g/mol. The van der Waals surface area contributed by atoms with Crippen molar-refractivity contribution in [2.75, 3.05) is 18.8 Å². The third-order valence-corrected chi connectivity index (χ3v) is 6.05. The predicted octanol–water partition coefficient (Wildman–Crippen LogP) is 0.229. The second kappa shape index (κ2) is 4.87. The van der Waals surface area contributed by atoms with Crippen molar-refractivity contribution >= 4 is 33.0 Å². The number of carbonyl (C=O) groups excluding carboxylic acids is 1. The van der Waals surface area contributed by atoms with Crippen LogP contribution in [-0.4, -0.2) is 37.8 Å². The molecule has 0 aromatic carbocycles. The van der Waals surface area contributed by atoms with Gasteiger partial charge in [0.2, 0.25) is 5.91 Å². The highest BCUT2D eigenvalue weighted by Crippen LogP contribution is 2.27. The van der Waals surface area contributed by atoms with E-state index < -0.39 is 10.0 Å². The summed E-state index contributed by atoms with van der Waals surface area (Å²) in [5.41, 5.74) is 5.99. The van der Waals surface area contributed by atoms with Gasteiger partial charge in [0.15, 0.2) is 0 Å². The van der Waals surface area contributed by atoms with Crippen LogP contribution in [0.2, 0.25) is 0 Å². The highest BCUT2D eigenvalue weighted by atomic mass is 32.2. The number of nitrogen functional groups attached to an aromatic ring is 1. The molecule has 1 fully saturated rings. The Balaban J connectivity index is 2.11. The Labute approximate surface area is 110 Å². The van der Waals surface area contributed by atoms with E-state index in [0.717, 1.165) is 11.3 Å². The fourth-order valence-electron chi connectivity index (χ4n) is 1.94. The lowest BCUT2D eigenvalue weighted by molar-refractivity contribution is -0.119. The minimum absolute atomic E-state index is 0.102. The first-order valence-electron chi connectivity index (χ1n) is 5.51. The van der Waals surface area contributed by atoms with Crippen LogP contribution in [0.25, 0.3) is 0 Å². The van der Waals surface area contributed by atoms with Crippen LogP contribution in [0.15, 0.2) is 15.7 Å². The third-order valence-electron chi connectivity index (χ3n) is 2.75. The highest BCUT2D eigenvalue weighted by Gasteiger charge is 2.33. The number of nitrogens with zero attached hydrogens (tertiary/aromatic N) is 1. The van der Waals surface area contributed by atoms with Gasteiger partial charge in [-0.15, -0.1) is 11.3 Å². The molecule has 2 heterocycles. The Morgan fingerprint density at radius 3 is 2.89 bits per heavy atom. The number of hydrogen-bond donors (Lipinski definition) is 2. The molecule has 100 valence electrons. The lowest BCUT2D eigenvalue weighted by Gasteiger charge is -2.15. The standard InChI is InChI=1S/C10H15N3O3S2/c1-7(14)12-9-2-3-13(5-9)18(15,16)10-4-8(11)6-17-10/h4,6,9H,2-3,5,11H2,1H3,(H,12,14). The molecule has 1 unspecified atom stereocenters. The molecular formula is C10H15N3O3S2. The molecule has 0 spiro atoms. The van der Waals surface area contributed by atoms with Gasteiger partial charge in [0.1, 0.15) is 4.21 Å². The highest BCUT2D eigenvalue weighted by molar-refractivity contribution is 7.91. The molecule has 0 radical (unpaired) electrons. The van der Waals surface area contributed by atoms with E-state index in [1.165, 1.54) is 17.3 Å². The predicted molar refractivity (Wildman–Crippen MR) is 69.7 cm³/mol. The van der Waals surface area contributed by atoms with Crippen molar-refractivity contribution in [3.63, 3.8) is 0 Å². The van der Waals surface area contributed by atoms with Crippen LogP contribution >= 0.6 is 11.3 Å². The normalized spacial score (nSPS) is 21.1. The molecule has 1 aliphatic heterocycles. The second-order valence-corrected chi connectivity index (χ2v) is 7.32. The molecule has 1 aromatic rings. The van der Waals surface area contributed by atoms with Crippen molar-refractivity contribution in [2.24, 2.45) is 0 Å². The fourth-order valence-corrected chi connectivity index (χ4v) is 4.68. The quantitative estimate of drug-likeness (QED) is 0.833. The molecular weight excluding hydrogens is 274 g/mol. The minimum Gasteiger partial charge on any atom is -0.398 e. The van der Waals surface area contributed by atoms with E-state index >= 15 is 0 Å². The molecule has 6 nitrogen and oxygen atoms in total. The summed E-state index contributed by atoms with van der Waals surface area (Å²) < 4.78 is 26.1. The van der Waals surface area contributed by atoms with Gasteiger partial charge in [-0.3, -0.25) is 4.79 Å². The van der Waals surface area contributed by atoms with Gasteiger partial charge in [-0.2, -0.15) is 4.31 Å². The average molecular weight is 289 g/mol. The first-order valence-corrected chi connectivity index (χ1v) is 7.83. The molecule has 0 aliphatic carbocycles. The number of hydrogen-bond acceptors (Lipinski definition) is 5. The van der Waals surface area contributed by atoms with E-state index in [1.807, 2.05) is 0 Å². The number of nitrogens with one attached hydrogen (secondary N) is 1. The average Bonchev–Trinajstić information content (AvgIpc) is 2.86. The van der Waals surface area contributed by atoms with Crippen LogP contribution in [-0.2, 0) is 14.8 Å². The van der Waals surface area contributed by atoms with Crippen LogP contribution in [0.3, 0.4) is 0 Å². The minimum atomic E-state index is -3.47. The van der Waals surface area contributed by atoms with Crippen molar-refractivity contribution < 1.29 is 13.2 Å². The van der Waals surface area contributed by atoms with E-state index in [9.17, 15) is 13.2 Å². The van der Waals surface area contributed by atoms with Crippen molar-refractivity contribution in [1.82, 2.24) is 9.62 Å². The number of anilines is 1. The summed E-state index contributed by atoms with van der Waals surface area (Å²) in [7, 11) is -3.47. The molecule has 0 bridgehead atoms. The number of carbonyl (C=O) groups is 1. The zero-order valence-corrected chi connectivity index (χ0v) is 11.6. The molecule has 1 amide bonds. The van der Waals surface area contributed by atoms with Gasteiger partial charge in [0.05, 0.1) is 0 Å². The van der Waals surface area contributed by atoms with E-state index in [0.29, 0.717) is 25.2 Å². The van der Waals surface area contributed by atoms with Crippen molar-refractivity contribution in [1.29, 1.82) is 0 Å². The number of amides is 1. The Morgan fingerprint density at radius 1 is 1.61 bits per heavy atom. The molecule has 1 aliphatic rings.